The van der Waals surface area contributed by atoms with Crippen molar-refractivity contribution in [1.29, 1.82) is 0 Å². The summed E-state index contributed by atoms with van der Waals surface area (Å²) in [5.41, 5.74) is 1.18. The molecule has 106 valence electrons. The van der Waals surface area contributed by atoms with Gasteiger partial charge in [0.2, 0.25) is 0 Å². The fourth-order valence-electron chi connectivity index (χ4n) is 2.24. The Morgan fingerprint density at radius 3 is 2.48 bits per heavy atom. The van der Waals surface area contributed by atoms with Gasteiger partial charge >= 0.3 is 0 Å². The second kappa shape index (κ2) is 5.04. The first-order valence-electron chi connectivity index (χ1n) is 6.07. The number of nitrogens with zero attached hydrogens (tertiary/aromatic N) is 1. The predicted octanol–water partition coefficient (Wildman–Crippen LogP) is 3.46. The molecule has 0 radical (unpaired) electrons. The number of rotatable bonds is 2. The van der Waals surface area contributed by atoms with Crippen molar-refractivity contribution in [2.75, 3.05) is 4.90 Å². The van der Waals surface area contributed by atoms with E-state index in [2.05, 4.69) is 15.9 Å². The van der Waals surface area contributed by atoms with Crippen molar-refractivity contribution >= 4 is 33.3 Å². The van der Waals surface area contributed by atoms with Gasteiger partial charge in [0.05, 0.1) is 17.8 Å². The highest BCUT2D eigenvalue weighted by Gasteiger charge is 2.35. The van der Waals surface area contributed by atoms with Crippen molar-refractivity contribution < 1.29 is 18.4 Å². The molecule has 0 unspecified atom stereocenters. The first-order valence-corrected chi connectivity index (χ1v) is 6.86. The minimum Gasteiger partial charge on any atom is -0.300 e. The van der Waals surface area contributed by atoms with Gasteiger partial charge in [0.1, 0.15) is 0 Å². The maximum absolute atomic E-state index is 13.2. The molecule has 0 aromatic heterocycles. The minimum absolute atomic E-state index is 0.00519. The normalized spacial score (nSPS) is 13.8. The summed E-state index contributed by atoms with van der Waals surface area (Å²) >= 11 is 3.28. The van der Waals surface area contributed by atoms with E-state index < -0.39 is 23.3 Å². The van der Waals surface area contributed by atoms with E-state index in [1.807, 2.05) is 0 Å². The van der Waals surface area contributed by atoms with Gasteiger partial charge in [0.25, 0.3) is 11.7 Å². The molecule has 2 aromatic carbocycles. The van der Waals surface area contributed by atoms with Gasteiger partial charge in [0.15, 0.2) is 11.6 Å². The van der Waals surface area contributed by atoms with Gasteiger partial charge in [-0.05, 0) is 35.9 Å². The van der Waals surface area contributed by atoms with Crippen LogP contribution in [0, 0.1) is 11.6 Å². The van der Waals surface area contributed by atoms with Crippen LogP contribution in [0.25, 0.3) is 0 Å². The van der Waals surface area contributed by atoms with Crippen LogP contribution in [0.3, 0.4) is 0 Å². The average Bonchev–Trinajstić information content (AvgIpc) is 2.68. The molecule has 0 atom stereocenters. The number of amides is 1. The zero-order valence-corrected chi connectivity index (χ0v) is 12.2. The van der Waals surface area contributed by atoms with Crippen LogP contribution in [0.1, 0.15) is 15.9 Å². The molecule has 3 nitrogen and oxygen atoms in total. The lowest BCUT2D eigenvalue weighted by Crippen LogP contribution is -2.29. The summed E-state index contributed by atoms with van der Waals surface area (Å²) in [6, 6.07) is 8.28. The molecule has 21 heavy (non-hydrogen) atoms. The van der Waals surface area contributed by atoms with Crippen molar-refractivity contribution in [3.63, 3.8) is 0 Å². The van der Waals surface area contributed by atoms with Crippen LogP contribution in [-0.2, 0) is 11.3 Å². The van der Waals surface area contributed by atoms with Gasteiger partial charge in [-0.25, -0.2) is 8.78 Å². The number of hydrogen-bond donors (Lipinski definition) is 0. The molecule has 0 bridgehead atoms. The largest absolute Gasteiger partial charge is 0.300 e. The molecule has 0 fully saturated rings. The van der Waals surface area contributed by atoms with E-state index in [0.29, 0.717) is 16.8 Å². The third kappa shape index (κ3) is 2.35. The number of anilines is 1. The Morgan fingerprint density at radius 2 is 1.76 bits per heavy atom. The zero-order valence-electron chi connectivity index (χ0n) is 10.6. The molecule has 2 aromatic rings. The minimum atomic E-state index is -0.986. The molecule has 6 heteroatoms. The molecular formula is C15H8BrF2NO2. The SMILES string of the molecule is O=C1C(=O)N(Cc2ccc(F)c(F)c2)c2cc(Br)ccc21. The molecule has 1 aliphatic heterocycles. The Labute approximate surface area is 127 Å². The average molecular weight is 352 g/mol. The number of carbonyl (C=O) groups excluding carboxylic acids is 2. The molecule has 0 saturated heterocycles. The highest BCUT2D eigenvalue weighted by Crippen LogP contribution is 2.32. The molecule has 3 rings (SSSR count). The maximum atomic E-state index is 13.2. The number of ketones is 1. The van der Waals surface area contributed by atoms with Gasteiger partial charge < -0.3 is 4.90 Å². The summed E-state index contributed by atoms with van der Waals surface area (Å²) in [6.07, 6.45) is 0. The van der Waals surface area contributed by atoms with Crippen LogP contribution < -0.4 is 4.90 Å². The van der Waals surface area contributed by atoms with E-state index in [1.54, 1.807) is 18.2 Å². The van der Waals surface area contributed by atoms with E-state index in [9.17, 15) is 18.4 Å². The summed E-state index contributed by atoms with van der Waals surface area (Å²) in [5, 5.41) is 0. The zero-order chi connectivity index (χ0) is 15.1. The van der Waals surface area contributed by atoms with E-state index in [1.165, 1.54) is 11.0 Å². The van der Waals surface area contributed by atoms with Gasteiger partial charge in [-0.3, -0.25) is 9.59 Å². The molecule has 1 aliphatic rings. The number of halogens is 3. The molecule has 0 aliphatic carbocycles. The first-order chi connectivity index (χ1) is 9.97. The van der Waals surface area contributed by atoms with E-state index >= 15 is 0 Å². The van der Waals surface area contributed by atoms with Crippen molar-refractivity contribution in [2.45, 2.75) is 6.54 Å². The number of carbonyl (C=O) groups is 2. The second-order valence-electron chi connectivity index (χ2n) is 4.63. The van der Waals surface area contributed by atoms with Crippen molar-refractivity contribution in [3.05, 3.63) is 63.6 Å². The molecule has 1 heterocycles. The van der Waals surface area contributed by atoms with Crippen LogP contribution >= 0.6 is 15.9 Å². The molecule has 0 N–H and O–H groups in total. The quantitative estimate of drug-likeness (QED) is 0.777. The van der Waals surface area contributed by atoms with Crippen molar-refractivity contribution in [2.24, 2.45) is 0 Å². The van der Waals surface area contributed by atoms with Crippen molar-refractivity contribution in [3.8, 4) is 0 Å². The number of hydrogen-bond acceptors (Lipinski definition) is 2. The van der Waals surface area contributed by atoms with Gasteiger partial charge in [0, 0.05) is 4.47 Å². The van der Waals surface area contributed by atoms with Gasteiger partial charge in [-0.1, -0.05) is 22.0 Å². The van der Waals surface area contributed by atoms with Crippen molar-refractivity contribution in [1.82, 2.24) is 0 Å². The maximum Gasteiger partial charge on any atom is 0.299 e. The molecular weight excluding hydrogens is 344 g/mol. The number of benzene rings is 2. The number of Topliss-reactive ketones (excluding diaryl/α,β-unsaturated/α-hetero) is 1. The van der Waals surface area contributed by atoms with Gasteiger partial charge in [-0.15, -0.1) is 0 Å². The van der Waals surface area contributed by atoms with Crippen LogP contribution in [-0.4, -0.2) is 11.7 Å². The summed E-state index contributed by atoms with van der Waals surface area (Å²) < 4.78 is 26.9. The Bertz CT molecular complexity index is 776. The van der Waals surface area contributed by atoms with E-state index in [0.717, 1.165) is 16.6 Å². The monoisotopic (exact) mass is 351 g/mol. The summed E-state index contributed by atoms with van der Waals surface area (Å²) in [5.74, 6) is -3.21. The van der Waals surface area contributed by atoms with Crippen LogP contribution in [0.2, 0.25) is 0 Å². The summed E-state index contributed by atoms with van der Waals surface area (Å²) in [7, 11) is 0. The highest BCUT2D eigenvalue weighted by atomic mass is 79.9. The summed E-state index contributed by atoms with van der Waals surface area (Å²) in [4.78, 5) is 25.2. The Kier molecular flexibility index (Phi) is 3.33. The molecule has 0 saturated carbocycles. The first kappa shape index (κ1) is 13.9. The number of fused-ring (bicyclic) bond motifs is 1. The standard InChI is InChI=1S/C15H8BrF2NO2/c16-9-2-3-10-13(6-9)19(15(21)14(10)20)7-8-1-4-11(17)12(18)5-8/h1-6H,7H2. The van der Waals surface area contributed by atoms with E-state index in [4.69, 9.17) is 0 Å². The lowest BCUT2D eigenvalue weighted by molar-refractivity contribution is -0.114. The Morgan fingerprint density at radius 1 is 1.00 bits per heavy atom. The molecule has 0 spiro atoms. The fourth-order valence-corrected chi connectivity index (χ4v) is 2.59. The summed E-state index contributed by atoms with van der Waals surface area (Å²) in [6.45, 7) is 0.00519. The van der Waals surface area contributed by atoms with Crippen LogP contribution in [0.5, 0.6) is 0 Å². The Balaban J connectivity index is 1.99. The third-order valence-corrected chi connectivity index (χ3v) is 3.75. The fraction of sp³-hybridized carbons (Fsp3) is 0.0667. The van der Waals surface area contributed by atoms with Crippen LogP contribution in [0.4, 0.5) is 14.5 Å². The van der Waals surface area contributed by atoms with Crippen LogP contribution in [0.15, 0.2) is 40.9 Å². The second-order valence-corrected chi connectivity index (χ2v) is 5.55. The highest BCUT2D eigenvalue weighted by molar-refractivity contribution is 9.10. The predicted molar refractivity (Wildman–Crippen MR) is 76.0 cm³/mol. The Hall–Kier alpha value is -2.08. The smallest absolute Gasteiger partial charge is 0.299 e. The lowest BCUT2D eigenvalue weighted by atomic mass is 10.1. The lowest BCUT2D eigenvalue weighted by Gasteiger charge is -2.16. The molecule has 1 amide bonds. The van der Waals surface area contributed by atoms with Gasteiger partial charge in [-0.2, -0.15) is 0 Å². The van der Waals surface area contributed by atoms with E-state index in [-0.39, 0.29) is 6.54 Å². The topological polar surface area (TPSA) is 37.4 Å². The third-order valence-electron chi connectivity index (χ3n) is 3.26.